The fourth-order valence-corrected chi connectivity index (χ4v) is 5.17. The maximum atomic E-state index is 15.5. The highest BCUT2D eigenvalue weighted by Crippen LogP contribution is 2.58. The molecule has 0 spiro atoms. The lowest BCUT2D eigenvalue weighted by molar-refractivity contribution is -0.143. The molecule has 3 aromatic rings. The fraction of sp³-hybridized carbons (Fsp3) is 0.0938. The molecule has 0 heterocycles. The van der Waals surface area contributed by atoms with Gasteiger partial charge in [0.05, 0.1) is 33.4 Å². The van der Waals surface area contributed by atoms with Crippen molar-refractivity contribution in [3.63, 3.8) is 0 Å². The van der Waals surface area contributed by atoms with Crippen LogP contribution in [-0.2, 0) is 12.4 Å². The summed E-state index contributed by atoms with van der Waals surface area (Å²) in [6, 6.07) is 4.41. The molecule has 0 bridgehead atoms. The molecule has 0 N–H and O–H groups in total. The van der Waals surface area contributed by atoms with E-state index in [2.05, 4.69) is 0 Å². The van der Waals surface area contributed by atoms with Crippen LogP contribution in [0.1, 0.15) is 44.5 Å². The minimum absolute atomic E-state index is 0.192. The molecule has 21 heteroatoms. The van der Waals surface area contributed by atoms with E-state index in [1.54, 1.807) is 0 Å². The molecule has 5 nitrogen and oxygen atoms in total. The summed E-state index contributed by atoms with van der Waals surface area (Å²) in [5, 5.41) is 47.9. The summed E-state index contributed by atoms with van der Waals surface area (Å²) >= 11 is 0. The second-order valence-corrected chi connectivity index (χ2v) is 10.2. The maximum absolute atomic E-state index is 15.5. The van der Waals surface area contributed by atoms with E-state index < -0.39 is 148 Å². The van der Waals surface area contributed by atoms with Crippen molar-refractivity contribution in [2.75, 3.05) is 0 Å². The number of hydrogen-bond donors (Lipinski definition) is 0. The number of alkyl halides is 6. The van der Waals surface area contributed by atoms with Crippen molar-refractivity contribution >= 4 is 16.7 Å². The Kier molecular flexibility index (Phi) is 9.62. The number of nitriles is 5. The zero-order chi connectivity index (χ0) is 40.4. The lowest BCUT2D eigenvalue weighted by atomic mass is 9.95. The Morgan fingerprint density at radius 1 is 0.396 bits per heavy atom. The summed E-state index contributed by atoms with van der Waals surface area (Å²) < 4.78 is 231. The summed E-state index contributed by atoms with van der Waals surface area (Å²) in [4.78, 5) is 0. The Balaban J connectivity index is 2.40. The fourth-order valence-electron chi connectivity index (χ4n) is 5.17. The first-order valence-corrected chi connectivity index (χ1v) is 13.1. The highest BCUT2D eigenvalue weighted by atomic mass is 19.4. The molecule has 53 heavy (non-hydrogen) atoms. The zero-order valence-electron chi connectivity index (χ0n) is 24.8. The first kappa shape index (κ1) is 39.0. The van der Waals surface area contributed by atoms with Crippen molar-refractivity contribution in [3.05, 3.63) is 119 Å². The monoisotopic (exact) mass is 761 g/mol. The van der Waals surface area contributed by atoms with Gasteiger partial charge in [-0.05, 0) is 6.92 Å². The van der Waals surface area contributed by atoms with Gasteiger partial charge < -0.3 is 0 Å². The number of hydrogen-bond acceptors (Lipinski definition) is 5. The Morgan fingerprint density at radius 2 is 0.679 bits per heavy atom. The molecule has 0 atom stereocenters. The number of rotatable bonds is 3. The van der Waals surface area contributed by atoms with Gasteiger partial charge in [0.2, 0.25) is 0 Å². The Bertz CT molecular complexity index is 2360. The van der Waals surface area contributed by atoms with Crippen LogP contribution in [0, 0.1) is 122 Å². The van der Waals surface area contributed by atoms with Gasteiger partial charge in [-0.15, -0.1) is 0 Å². The van der Waals surface area contributed by atoms with Crippen molar-refractivity contribution in [3.8, 4) is 30.3 Å². The Hall–Kier alpha value is -6.79. The third-order valence-electron chi connectivity index (χ3n) is 7.45. The highest BCUT2D eigenvalue weighted by Gasteiger charge is 2.49. The SMILES string of the molecule is Cc1c(F)c(C(C#N)=C2C(=C(C#N)c3c(F)c(F)c(C(F)(F)F)c(F)c3F)C2=C(C#N)c2c(F)c(F)c(C#N)c(C#N)c2F)c(F)c(F)c1C(F)(F)F. The molecule has 1 aliphatic rings. The van der Waals surface area contributed by atoms with Crippen molar-refractivity contribution in [2.45, 2.75) is 19.3 Å². The summed E-state index contributed by atoms with van der Waals surface area (Å²) in [6.45, 7) is 0.192. The van der Waals surface area contributed by atoms with Crippen LogP contribution in [0.25, 0.3) is 16.7 Å². The van der Waals surface area contributed by atoms with Gasteiger partial charge in [-0.1, -0.05) is 0 Å². The average molecular weight is 761 g/mol. The lowest BCUT2D eigenvalue weighted by Gasteiger charge is -2.15. The first-order chi connectivity index (χ1) is 24.5. The lowest BCUT2D eigenvalue weighted by Crippen LogP contribution is -2.17. The molecule has 4 rings (SSSR count). The topological polar surface area (TPSA) is 119 Å². The minimum atomic E-state index is -6.17. The second-order valence-electron chi connectivity index (χ2n) is 10.2. The van der Waals surface area contributed by atoms with Crippen LogP contribution < -0.4 is 0 Å². The van der Waals surface area contributed by atoms with E-state index in [1.165, 1.54) is 0 Å². The van der Waals surface area contributed by atoms with E-state index in [-0.39, 0.29) is 6.92 Å². The van der Waals surface area contributed by atoms with Crippen LogP contribution in [0.5, 0.6) is 0 Å². The van der Waals surface area contributed by atoms with E-state index >= 15 is 26.3 Å². The van der Waals surface area contributed by atoms with Crippen molar-refractivity contribution in [2.24, 2.45) is 0 Å². The predicted octanol–water partition coefficient (Wildman–Crippen LogP) is 9.41. The third-order valence-corrected chi connectivity index (χ3v) is 7.45. The van der Waals surface area contributed by atoms with Gasteiger partial charge in [0.25, 0.3) is 0 Å². The molecule has 3 aromatic carbocycles. The summed E-state index contributed by atoms with van der Waals surface area (Å²) in [7, 11) is 0. The van der Waals surface area contributed by atoms with Gasteiger partial charge in [0.1, 0.15) is 58.4 Å². The molecule has 0 aromatic heterocycles. The third kappa shape index (κ3) is 5.75. The molecule has 1 fully saturated rings. The minimum Gasteiger partial charge on any atom is -0.206 e. The van der Waals surface area contributed by atoms with Crippen LogP contribution in [0.3, 0.4) is 0 Å². The first-order valence-electron chi connectivity index (χ1n) is 13.1. The largest absolute Gasteiger partial charge is 0.422 e. The van der Waals surface area contributed by atoms with E-state index in [0.29, 0.717) is 0 Å². The number of nitrogens with zero attached hydrogens (tertiary/aromatic N) is 5. The number of halogens is 16. The highest BCUT2D eigenvalue weighted by molar-refractivity contribution is 6.12. The van der Waals surface area contributed by atoms with Gasteiger partial charge in [-0.3, -0.25) is 0 Å². The van der Waals surface area contributed by atoms with E-state index in [1.807, 2.05) is 0 Å². The molecule has 1 saturated carbocycles. The standard InChI is InChI=1S/C32H3F16N5/c1-7-19(31(43,44)45)28(40)25(37)16(21(7)33)10(4-51)13-14(11(5-52)17-22(34)8(2-49)9(3-50)23(35)24(17)36)15(13)12(6-53)18-26(38)29(41)20(32(46,47)48)30(42)27(18)39/h1H3. The Morgan fingerprint density at radius 3 is 1.00 bits per heavy atom. The number of benzene rings is 3. The molecule has 1 aliphatic carbocycles. The van der Waals surface area contributed by atoms with Crippen LogP contribution >= 0.6 is 0 Å². The van der Waals surface area contributed by atoms with Crippen molar-refractivity contribution in [1.82, 2.24) is 0 Å². The molecule has 0 amide bonds. The van der Waals surface area contributed by atoms with Crippen LogP contribution in [0.2, 0.25) is 0 Å². The van der Waals surface area contributed by atoms with Crippen LogP contribution in [0.15, 0.2) is 16.7 Å². The molecular formula is C32H3F16N5. The quantitative estimate of drug-likeness (QED) is 0.150. The average Bonchev–Trinajstić information content (AvgIpc) is 3.79. The number of allylic oxidation sites excluding steroid dienone is 6. The van der Waals surface area contributed by atoms with E-state index in [0.717, 1.165) is 30.3 Å². The molecular weight excluding hydrogens is 758 g/mol. The van der Waals surface area contributed by atoms with Crippen LogP contribution in [-0.4, -0.2) is 0 Å². The van der Waals surface area contributed by atoms with Gasteiger partial charge in [0, 0.05) is 22.3 Å². The molecule has 0 aliphatic heterocycles. The smallest absolute Gasteiger partial charge is 0.206 e. The van der Waals surface area contributed by atoms with Gasteiger partial charge in [-0.25, -0.2) is 43.9 Å². The summed E-state index contributed by atoms with van der Waals surface area (Å²) in [6.07, 6.45) is -12.0. The molecule has 0 unspecified atom stereocenters. The van der Waals surface area contributed by atoms with Gasteiger partial charge in [0.15, 0.2) is 52.4 Å². The van der Waals surface area contributed by atoms with Crippen molar-refractivity contribution < 1.29 is 70.2 Å². The zero-order valence-corrected chi connectivity index (χ0v) is 24.8. The molecule has 0 saturated heterocycles. The Labute approximate surface area is 282 Å². The second kappa shape index (κ2) is 13.1. The van der Waals surface area contributed by atoms with Gasteiger partial charge in [-0.2, -0.15) is 52.7 Å². The summed E-state index contributed by atoms with van der Waals surface area (Å²) in [5.74, 6) is -28.0. The molecule has 268 valence electrons. The van der Waals surface area contributed by atoms with Gasteiger partial charge >= 0.3 is 12.4 Å². The normalized spacial score (nSPS) is 15.5. The van der Waals surface area contributed by atoms with E-state index in [4.69, 9.17) is 5.26 Å². The summed E-state index contributed by atoms with van der Waals surface area (Å²) in [5.41, 5.74) is -28.1. The van der Waals surface area contributed by atoms with E-state index in [9.17, 15) is 65.0 Å². The molecule has 0 radical (unpaired) electrons. The predicted molar refractivity (Wildman–Crippen MR) is 141 cm³/mol. The van der Waals surface area contributed by atoms with Crippen molar-refractivity contribution in [1.29, 1.82) is 26.3 Å². The van der Waals surface area contributed by atoms with Crippen LogP contribution in [0.4, 0.5) is 70.2 Å². The maximum Gasteiger partial charge on any atom is 0.422 e.